The lowest BCUT2D eigenvalue weighted by atomic mass is 10.2. The fourth-order valence-electron chi connectivity index (χ4n) is 2.67. The average molecular weight is 358 g/mol. The Morgan fingerprint density at radius 3 is 2.72 bits per heavy atom. The number of hydrogen-bond acceptors (Lipinski definition) is 8. The van der Waals surface area contributed by atoms with E-state index in [4.69, 9.17) is 4.42 Å². The van der Waals surface area contributed by atoms with Crippen molar-refractivity contribution in [3.05, 3.63) is 45.3 Å². The van der Waals surface area contributed by atoms with Crippen LogP contribution in [0.15, 0.2) is 31.6 Å². The summed E-state index contributed by atoms with van der Waals surface area (Å²) in [4.78, 5) is 12.1. The summed E-state index contributed by atoms with van der Waals surface area (Å²) in [5, 5.41) is 27.9. The van der Waals surface area contributed by atoms with Crippen molar-refractivity contribution in [1.29, 1.82) is 0 Å². The highest BCUT2D eigenvalue weighted by Crippen LogP contribution is 2.27. The second kappa shape index (κ2) is 5.59. The molecule has 9 nitrogen and oxygen atoms in total. The Morgan fingerprint density at radius 1 is 1.24 bits per heavy atom. The molecule has 1 N–H and O–H groups in total. The number of thioether (sulfide) groups is 1. The van der Waals surface area contributed by atoms with Crippen molar-refractivity contribution in [3.8, 4) is 11.7 Å². The highest BCUT2D eigenvalue weighted by Gasteiger charge is 2.25. The molecule has 0 radical (unpaired) electrons. The van der Waals surface area contributed by atoms with Gasteiger partial charge in [0.05, 0.1) is 11.4 Å². The Bertz CT molecular complexity index is 1080. The van der Waals surface area contributed by atoms with Gasteiger partial charge in [-0.05, 0) is 26.8 Å². The maximum Gasteiger partial charge on any atom is 0.348 e. The second-order valence-electron chi connectivity index (χ2n) is 5.67. The molecule has 0 saturated heterocycles. The molecule has 0 atom stereocenters. The average Bonchev–Trinajstić information content (AvgIpc) is 3.08. The molecule has 4 rings (SSSR count). The van der Waals surface area contributed by atoms with Gasteiger partial charge in [-0.3, -0.25) is 0 Å². The van der Waals surface area contributed by atoms with E-state index < -0.39 is 5.63 Å². The first kappa shape index (κ1) is 15.6. The Labute approximate surface area is 146 Å². The van der Waals surface area contributed by atoms with Crippen LogP contribution in [0, 0.1) is 20.8 Å². The Hall–Kier alpha value is -2.88. The molecule has 1 aliphatic rings. The van der Waals surface area contributed by atoms with Crippen LogP contribution in [0.5, 0.6) is 5.75 Å². The minimum atomic E-state index is -0.624. The van der Waals surface area contributed by atoms with Crippen molar-refractivity contribution in [3.63, 3.8) is 0 Å². The van der Waals surface area contributed by atoms with E-state index in [2.05, 4.69) is 20.4 Å². The van der Waals surface area contributed by atoms with Gasteiger partial charge in [0, 0.05) is 17.5 Å². The highest BCUT2D eigenvalue weighted by atomic mass is 32.2. The topological polar surface area (TPSA) is 111 Å². The predicted molar refractivity (Wildman–Crippen MR) is 90.7 cm³/mol. The highest BCUT2D eigenvalue weighted by molar-refractivity contribution is 7.99. The molecule has 0 aromatic carbocycles. The van der Waals surface area contributed by atoms with Gasteiger partial charge in [-0.2, -0.15) is 14.9 Å². The van der Waals surface area contributed by atoms with Crippen molar-refractivity contribution < 1.29 is 9.52 Å². The lowest BCUT2D eigenvalue weighted by Crippen LogP contribution is -2.22. The van der Waals surface area contributed by atoms with E-state index in [-0.39, 0.29) is 11.3 Å². The molecule has 3 aromatic heterocycles. The molecule has 0 unspecified atom stereocenters. The lowest BCUT2D eigenvalue weighted by molar-refractivity contribution is 0.432. The zero-order valence-corrected chi connectivity index (χ0v) is 14.5. The fraction of sp³-hybridized carbons (Fsp3) is 0.267. The quantitative estimate of drug-likeness (QED) is 0.737. The third-order valence-corrected chi connectivity index (χ3v) is 4.63. The molecule has 10 heteroatoms. The molecule has 0 saturated carbocycles. The van der Waals surface area contributed by atoms with Crippen molar-refractivity contribution in [2.45, 2.75) is 25.9 Å². The van der Waals surface area contributed by atoms with Crippen LogP contribution in [-0.2, 0) is 0 Å². The van der Waals surface area contributed by atoms with Gasteiger partial charge in [-0.15, -0.1) is 10.2 Å². The van der Waals surface area contributed by atoms with E-state index in [1.54, 1.807) is 11.6 Å². The second-order valence-corrected chi connectivity index (χ2v) is 6.62. The monoisotopic (exact) mass is 358 g/mol. The van der Waals surface area contributed by atoms with E-state index in [1.165, 1.54) is 22.5 Å². The lowest BCUT2D eigenvalue weighted by Gasteiger charge is -2.14. The molecule has 0 amide bonds. The van der Waals surface area contributed by atoms with Gasteiger partial charge in [-0.25, -0.2) is 9.48 Å². The van der Waals surface area contributed by atoms with Crippen LogP contribution in [0.1, 0.15) is 22.7 Å². The molecular formula is C15H14N6O3S. The van der Waals surface area contributed by atoms with Crippen LogP contribution < -0.4 is 5.63 Å². The van der Waals surface area contributed by atoms with Crippen molar-refractivity contribution >= 4 is 17.5 Å². The maximum absolute atomic E-state index is 12.1. The smallest absolute Gasteiger partial charge is 0.348 e. The molecule has 0 bridgehead atoms. The van der Waals surface area contributed by atoms with Crippen LogP contribution >= 0.6 is 11.8 Å². The normalized spacial score (nSPS) is 13.6. The molecule has 128 valence electrons. The van der Waals surface area contributed by atoms with E-state index >= 15 is 0 Å². The number of fused-ring (bicyclic) bond motifs is 1. The number of aryl methyl sites for hydroxylation is 3. The Morgan fingerprint density at radius 2 is 2.04 bits per heavy atom. The van der Waals surface area contributed by atoms with Gasteiger partial charge >= 0.3 is 5.63 Å². The van der Waals surface area contributed by atoms with Crippen molar-refractivity contribution in [2.24, 2.45) is 5.10 Å². The van der Waals surface area contributed by atoms with Crippen LogP contribution in [0.3, 0.4) is 0 Å². The van der Waals surface area contributed by atoms with Gasteiger partial charge in [0.1, 0.15) is 17.1 Å². The van der Waals surface area contributed by atoms with Crippen LogP contribution in [0.2, 0.25) is 0 Å². The summed E-state index contributed by atoms with van der Waals surface area (Å²) in [6, 6.07) is 3.32. The number of aromatic nitrogens is 5. The molecule has 0 fully saturated rings. The standard InChI is InChI=1S/C15H14N6O3S/c1-7-4-8(2)20(18-7)14-16-17-15-21(14)19-10(6-25-15)12-11(22)5-9(3)24-13(12)23/h4-5,22H,6H2,1-3H3. The zero-order valence-electron chi connectivity index (χ0n) is 13.7. The minimum absolute atomic E-state index is 0.0526. The van der Waals surface area contributed by atoms with E-state index in [0.29, 0.717) is 28.3 Å². The van der Waals surface area contributed by atoms with E-state index in [0.717, 1.165) is 11.4 Å². The van der Waals surface area contributed by atoms with Gasteiger partial charge in [-0.1, -0.05) is 11.8 Å². The molecule has 0 aliphatic carbocycles. The number of rotatable bonds is 2. The SMILES string of the molecule is Cc1cc(C)n(-c2nnc3n2N=C(c2c(O)cc(C)oc2=O)CS3)n1. The molecular weight excluding hydrogens is 344 g/mol. The van der Waals surface area contributed by atoms with Gasteiger partial charge in [0.15, 0.2) is 0 Å². The summed E-state index contributed by atoms with van der Waals surface area (Å²) in [7, 11) is 0. The fourth-order valence-corrected chi connectivity index (χ4v) is 3.48. The summed E-state index contributed by atoms with van der Waals surface area (Å²) >= 11 is 1.37. The van der Waals surface area contributed by atoms with Gasteiger partial charge < -0.3 is 9.52 Å². The minimum Gasteiger partial charge on any atom is -0.507 e. The number of hydrogen-bond donors (Lipinski definition) is 1. The molecule has 1 aliphatic heterocycles. The molecule has 3 aromatic rings. The largest absolute Gasteiger partial charge is 0.507 e. The number of nitrogens with zero attached hydrogens (tertiary/aromatic N) is 6. The Kier molecular flexibility index (Phi) is 3.49. The third kappa shape index (κ3) is 2.54. The summed E-state index contributed by atoms with van der Waals surface area (Å²) in [5.41, 5.74) is 1.56. The first-order valence-electron chi connectivity index (χ1n) is 7.48. The molecule has 25 heavy (non-hydrogen) atoms. The van der Waals surface area contributed by atoms with Gasteiger partial charge in [0.2, 0.25) is 5.16 Å². The van der Waals surface area contributed by atoms with Crippen molar-refractivity contribution in [1.82, 2.24) is 24.7 Å². The van der Waals surface area contributed by atoms with Crippen molar-refractivity contribution in [2.75, 3.05) is 5.75 Å². The summed E-state index contributed by atoms with van der Waals surface area (Å²) < 4.78 is 8.24. The zero-order chi connectivity index (χ0) is 17.7. The first-order chi connectivity index (χ1) is 11.9. The summed E-state index contributed by atoms with van der Waals surface area (Å²) in [6.07, 6.45) is 0. The third-order valence-electron chi connectivity index (χ3n) is 3.70. The maximum atomic E-state index is 12.1. The van der Waals surface area contributed by atoms with E-state index in [1.807, 2.05) is 19.9 Å². The molecule has 4 heterocycles. The first-order valence-corrected chi connectivity index (χ1v) is 8.46. The predicted octanol–water partition coefficient (Wildman–Crippen LogP) is 1.41. The van der Waals surface area contributed by atoms with Crippen LogP contribution in [-0.4, -0.2) is 41.2 Å². The Balaban J connectivity index is 1.88. The van der Waals surface area contributed by atoms with E-state index in [9.17, 15) is 9.90 Å². The van der Waals surface area contributed by atoms with Gasteiger partial charge in [0.25, 0.3) is 5.95 Å². The van der Waals surface area contributed by atoms with Crippen LogP contribution in [0.4, 0.5) is 0 Å². The summed E-state index contributed by atoms with van der Waals surface area (Å²) in [6.45, 7) is 5.39. The summed E-state index contributed by atoms with van der Waals surface area (Å²) in [5.74, 6) is 0.971. The number of aromatic hydroxyl groups is 1. The van der Waals surface area contributed by atoms with Crippen LogP contribution in [0.25, 0.3) is 5.95 Å². The molecule has 0 spiro atoms.